The van der Waals surface area contributed by atoms with Crippen molar-refractivity contribution in [2.24, 2.45) is 0 Å². The number of nitrogens with zero attached hydrogens (tertiary/aromatic N) is 8. The Labute approximate surface area is 172 Å². The first-order chi connectivity index (χ1) is 14.9. The van der Waals surface area contributed by atoms with Crippen molar-refractivity contribution in [2.45, 2.75) is 0 Å². The van der Waals surface area contributed by atoms with Gasteiger partial charge in [0, 0.05) is 11.1 Å². The summed E-state index contributed by atoms with van der Waals surface area (Å²) in [6, 6.07) is 19.6. The second-order valence-corrected chi connectivity index (χ2v) is 6.41. The van der Waals surface area contributed by atoms with E-state index in [0.29, 0.717) is 17.6 Å². The van der Waals surface area contributed by atoms with E-state index in [1.165, 1.54) is 6.33 Å². The summed E-state index contributed by atoms with van der Waals surface area (Å²) in [5, 5.41) is 0. The fourth-order valence-corrected chi connectivity index (χ4v) is 2.97. The van der Waals surface area contributed by atoms with E-state index in [1.807, 2.05) is 71.4 Å². The predicted molar refractivity (Wildman–Crippen MR) is 107 cm³/mol. The minimum atomic E-state index is 0.542. The Morgan fingerprint density at radius 1 is 0.633 bits per heavy atom. The number of hydrogen-bond donors (Lipinski definition) is 0. The van der Waals surface area contributed by atoms with Gasteiger partial charge in [-0.1, -0.05) is 52.4 Å². The molecule has 3 aromatic heterocycles. The second-order valence-electron chi connectivity index (χ2n) is 6.41. The van der Waals surface area contributed by atoms with Crippen LogP contribution in [-0.2, 0) is 0 Å². The molecule has 8 nitrogen and oxygen atoms in total. The van der Waals surface area contributed by atoms with E-state index in [-0.39, 0.29) is 0 Å². The van der Waals surface area contributed by atoms with E-state index < -0.39 is 0 Å². The van der Waals surface area contributed by atoms with Gasteiger partial charge < -0.3 is 0 Å². The lowest BCUT2D eigenvalue weighted by Gasteiger charge is -2.05. The quantitative estimate of drug-likeness (QED) is 0.435. The molecule has 0 spiro atoms. The third-order valence-corrected chi connectivity index (χ3v) is 4.44. The van der Waals surface area contributed by atoms with Crippen LogP contribution in [0.4, 0.5) is 0 Å². The van der Waals surface area contributed by atoms with Crippen LogP contribution >= 0.6 is 0 Å². The van der Waals surface area contributed by atoms with Crippen LogP contribution in [-0.4, -0.2) is 29.9 Å². The maximum atomic E-state index is 4.63. The van der Waals surface area contributed by atoms with Gasteiger partial charge in [0.05, 0.1) is 12.4 Å². The van der Waals surface area contributed by atoms with Crippen LogP contribution < -0.4 is 9.13 Å². The predicted octanol–water partition coefficient (Wildman–Crippen LogP) is 1.94. The Morgan fingerprint density at radius 3 is 2.17 bits per heavy atom. The van der Waals surface area contributed by atoms with Crippen LogP contribution in [0.3, 0.4) is 0 Å². The first-order valence-corrected chi connectivity index (χ1v) is 9.27. The standard InChI is InChI=1S/C22H16N8/c1-2-6-17(7-3-1)20-24-13-25-21(28-20)18-8-4-9-19(12-18)30-15-26-22(27-16-30)29-11-5-10-23-14-29/h1-16H/q+2. The minimum absolute atomic E-state index is 0.542. The molecule has 8 heteroatoms. The lowest BCUT2D eigenvalue weighted by molar-refractivity contribution is -0.626. The average molecular weight is 392 g/mol. The molecule has 3 heterocycles. The zero-order chi connectivity index (χ0) is 20.2. The van der Waals surface area contributed by atoms with Crippen molar-refractivity contribution in [3.05, 3.63) is 98.4 Å². The van der Waals surface area contributed by atoms with Gasteiger partial charge in [0.15, 0.2) is 18.0 Å². The van der Waals surface area contributed by atoms with Gasteiger partial charge in [-0.15, -0.1) is 0 Å². The van der Waals surface area contributed by atoms with Crippen molar-refractivity contribution >= 4 is 0 Å². The summed E-state index contributed by atoms with van der Waals surface area (Å²) in [6.45, 7) is 0. The largest absolute Gasteiger partial charge is 0.394 e. The first kappa shape index (κ1) is 17.6. The monoisotopic (exact) mass is 392 g/mol. The highest BCUT2D eigenvalue weighted by atomic mass is 15.2. The molecule has 0 N–H and O–H groups in total. The molecule has 2 aromatic carbocycles. The molecule has 30 heavy (non-hydrogen) atoms. The molecule has 0 saturated carbocycles. The molecule has 5 rings (SSSR count). The minimum Gasteiger partial charge on any atom is -0.217 e. The average Bonchev–Trinajstić information content (AvgIpc) is 2.85. The summed E-state index contributed by atoms with van der Waals surface area (Å²) in [5.41, 5.74) is 2.73. The van der Waals surface area contributed by atoms with E-state index >= 15 is 0 Å². The van der Waals surface area contributed by atoms with Crippen LogP contribution in [0.25, 0.3) is 34.4 Å². The Bertz CT molecular complexity index is 1280. The number of benzene rings is 2. The molecule has 0 unspecified atom stereocenters. The van der Waals surface area contributed by atoms with Gasteiger partial charge in [-0.2, -0.15) is 9.55 Å². The van der Waals surface area contributed by atoms with Crippen LogP contribution in [0.2, 0.25) is 0 Å². The van der Waals surface area contributed by atoms with Gasteiger partial charge in [0.2, 0.25) is 12.7 Å². The summed E-state index contributed by atoms with van der Waals surface area (Å²) in [7, 11) is 0. The highest BCUT2D eigenvalue weighted by molar-refractivity contribution is 5.61. The molecule has 0 saturated heterocycles. The van der Waals surface area contributed by atoms with Crippen LogP contribution in [0, 0.1) is 0 Å². The molecular formula is C22H16N8+2. The summed E-state index contributed by atoms with van der Waals surface area (Å²) in [5.74, 6) is 1.79. The fourth-order valence-electron chi connectivity index (χ4n) is 2.97. The van der Waals surface area contributed by atoms with E-state index in [1.54, 1.807) is 29.7 Å². The van der Waals surface area contributed by atoms with Gasteiger partial charge in [-0.05, 0) is 18.2 Å². The van der Waals surface area contributed by atoms with Crippen molar-refractivity contribution in [3.8, 4) is 34.4 Å². The smallest absolute Gasteiger partial charge is 0.217 e. The molecule has 0 aliphatic carbocycles. The van der Waals surface area contributed by atoms with Gasteiger partial charge in [0.25, 0.3) is 0 Å². The first-order valence-electron chi connectivity index (χ1n) is 9.27. The second kappa shape index (κ2) is 7.88. The summed E-state index contributed by atoms with van der Waals surface area (Å²) in [6.07, 6.45) is 10.2. The lowest BCUT2D eigenvalue weighted by Crippen LogP contribution is -2.38. The van der Waals surface area contributed by atoms with Crippen molar-refractivity contribution in [1.82, 2.24) is 29.9 Å². The van der Waals surface area contributed by atoms with Crippen LogP contribution in [0.1, 0.15) is 0 Å². The topological polar surface area (TPSA) is 85.1 Å². The van der Waals surface area contributed by atoms with Crippen molar-refractivity contribution in [1.29, 1.82) is 0 Å². The Morgan fingerprint density at radius 2 is 1.40 bits per heavy atom. The summed E-state index contributed by atoms with van der Waals surface area (Å²) in [4.78, 5) is 26.2. The zero-order valence-electron chi connectivity index (χ0n) is 15.8. The third-order valence-electron chi connectivity index (χ3n) is 4.44. The normalized spacial score (nSPS) is 10.7. The van der Waals surface area contributed by atoms with Crippen molar-refractivity contribution < 1.29 is 9.13 Å². The third kappa shape index (κ3) is 3.61. The molecule has 0 atom stereocenters. The molecule has 0 aliphatic heterocycles. The van der Waals surface area contributed by atoms with E-state index in [0.717, 1.165) is 16.8 Å². The number of rotatable bonds is 4. The lowest BCUT2D eigenvalue weighted by atomic mass is 10.1. The summed E-state index contributed by atoms with van der Waals surface area (Å²) < 4.78 is 3.58. The highest BCUT2D eigenvalue weighted by Gasteiger charge is 2.11. The van der Waals surface area contributed by atoms with E-state index in [4.69, 9.17) is 0 Å². The van der Waals surface area contributed by atoms with Gasteiger partial charge in [-0.25, -0.2) is 19.5 Å². The molecule has 142 valence electrons. The maximum absolute atomic E-state index is 4.63. The van der Waals surface area contributed by atoms with E-state index in [2.05, 4.69) is 29.9 Å². The zero-order valence-corrected chi connectivity index (χ0v) is 15.8. The molecule has 0 bridgehead atoms. The Kier molecular flexibility index (Phi) is 4.63. The molecular weight excluding hydrogens is 376 g/mol. The molecule has 5 aromatic rings. The molecule has 0 radical (unpaired) electrons. The van der Waals surface area contributed by atoms with Gasteiger partial charge in [0.1, 0.15) is 12.0 Å². The van der Waals surface area contributed by atoms with Crippen molar-refractivity contribution in [3.63, 3.8) is 0 Å². The molecule has 0 fully saturated rings. The van der Waals surface area contributed by atoms with Gasteiger partial charge >= 0.3 is 5.95 Å². The Hall–Kier alpha value is -4.46. The van der Waals surface area contributed by atoms with Crippen LogP contribution in [0.5, 0.6) is 0 Å². The molecule has 0 aliphatic rings. The Balaban J connectivity index is 1.46. The van der Waals surface area contributed by atoms with Crippen LogP contribution in [0.15, 0.2) is 98.4 Å². The molecule has 0 amide bonds. The maximum Gasteiger partial charge on any atom is 0.394 e. The number of hydrogen-bond acceptors (Lipinski definition) is 6. The van der Waals surface area contributed by atoms with E-state index in [9.17, 15) is 0 Å². The highest BCUT2D eigenvalue weighted by Crippen LogP contribution is 2.19. The summed E-state index contributed by atoms with van der Waals surface area (Å²) >= 11 is 0. The van der Waals surface area contributed by atoms with Gasteiger partial charge in [-0.3, -0.25) is 0 Å². The van der Waals surface area contributed by atoms with Crippen molar-refractivity contribution in [2.75, 3.05) is 0 Å². The number of aromatic nitrogens is 8. The fraction of sp³-hybridized carbons (Fsp3) is 0. The SMILES string of the molecule is c1ccc(-c2ncnc(-c3cccc(-[n+]4cnc(-[n+]5cccnc5)nc4)c3)n2)cc1.